The molecule has 0 N–H and O–H groups in total. The average Bonchev–Trinajstić information content (AvgIpc) is 3.14. The van der Waals surface area contributed by atoms with E-state index in [2.05, 4.69) is 15.9 Å². The van der Waals surface area contributed by atoms with Crippen LogP contribution in [-0.4, -0.2) is 52.4 Å². The second-order valence-electron chi connectivity index (χ2n) is 8.68. The van der Waals surface area contributed by atoms with Crippen LogP contribution in [0.2, 0.25) is 0 Å². The number of nitriles is 1. The molecule has 10 heteroatoms. The molecule has 0 bridgehead atoms. The zero-order valence-corrected chi connectivity index (χ0v) is 22.2. The van der Waals surface area contributed by atoms with E-state index in [4.69, 9.17) is 12.2 Å². The molecule has 1 amide bonds. The molecule has 1 aromatic carbocycles. The Morgan fingerprint density at radius 1 is 1.11 bits per heavy atom. The number of piperazine rings is 1. The molecule has 2 aromatic rings. The molecule has 2 aliphatic heterocycles. The molecule has 0 radical (unpaired) electrons. The maximum absolute atomic E-state index is 13.4. The van der Waals surface area contributed by atoms with Crippen molar-refractivity contribution in [3.8, 4) is 6.07 Å². The molecule has 0 atom stereocenters. The molecule has 7 nitrogen and oxygen atoms in total. The molecule has 0 spiro atoms. The van der Waals surface area contributed by atoms with Gasteiger partial charge in [-0.25, -0.2) is 4.39 Å². The van der Waals surface area contributed by atoms with Crippen molar-refractivity contribution in [1.29, 1.82) is 5.26 Å². The molecular weight excluding hydrogens is 497 g/mol. The number of hydrogen-bond donors (Lipinski definition) is 0. The summed E-state index contributed by atoms with van der Waals surface area (Å²) in [6.45, 7) is 9.18. The van der Waals surface area contributed by atoms with Crippen LogP contribution >= 0.6 is 24.0 Å². The number of anilines is 2. The van der Waals surface area contributed by atoms with Gasteiger partial charge in [-0.05, 0) is 56.2 Å². The number of thioether (sulfide) groups is 1. The number of benzene rings is 1. The minimum absolute atomic E-state index is 0.0841. The van der Waals surface area contributed by atoms with Crippen molar-refractivity contribution in [3.63, 3.8) is 0 Å². The van der Waals surface area contributed by atoms with E-state index in [9.17, 15) is 19.2 Å². The summed E-state index contributed by atoms with van der Waals surface area (Å²) in [5, 5.41) is 9.76. The van der Waals surface area contributed by atoms with E-state index in [1.54, 1.807) is 34.6 Å². The number of amides is 1. The maximum atomic E-state index is 13.4. The van der Waals surface area contributed by atoms with Gasteiger partial charge in [0.15, 0.2) is 0 Å². The molecule has 0 saturated carbocycles. The first-order valence-corrected chi connectivity index (χ1v) is 13.2. The van der Waals surface area contributed by atoms with Crippen molar-refractivity contribution in [1.82, 2.24) is 9.47 Å². The van der Waals surface area contributed by atoms with Crippen LogP contribution in [0.1, 0.15) is 37.0 Å². The molecule has 1 aromatic heterocycles. The highest BCUT2D eigenvalue weighted by atomic mass is 32.2. The van der Waals surface area contributed by atoms with Crippen molar-refractivity contribution in [2.45, 2.75) is 33.7 Å². The van der Waals surface area contributed by atoms with Crippen LogP contribution in [0.15, 0.2) is 34.0 Å². The topological polar surface area (TPSA) is 72.6 Å². The van der Waals surface area contributed by atoms with E-state index in [1.165, 1.54) is 23.9 Å². The number of aromatic nitrogens is 1. The Hall–Kier alpha value is -3.16. The minimum Gasteiger partial charge on any atom is -0.368 e. The van der Waals surface area contributed by atoms with Gasteiger partial charge in [-0.1, -0.05) is 30.9 Å². The van der Waals surface area contributed by atoms with Gasteiger partial charge in [0.05, 0.1) is 4.91 Å². The Balaban J connectivity index is 1.76. The van der Waals surface area contributed by atoms with Crippen LogP contribution in [0.5, 0.6) is 0 Å². The van der Waals surface area contributed by atoms with Crippen LogP contribution in [0.4, 0.5) is 15.9 Å². The van der Waals surface area contributed by atoms with E-state index in [-0.39, 0.29) is 22.8 Å². The molecule has 2 saturated heterocycles. The first kappa shape index (κ1) is 25.9. The zero-order chi connectivity index (χ0) is 26.0. The van der Waals surface area contributed by atoms with Crippen molar-refractivity contribution >= 4 is 51.8 Å². The van der Waals surface area contributed by atoms with Gasteiger partial charge in [0, 0.05) is 50.5 Å². The third-order valence-corrected chi connectivity index (χ3v) is 7.91. The lowest BCUT2D eigenvalue weighted by atomic mass is 10.0. The molecule has 36 heavy (non-hydrogen) atoms. The van der Waals surface area contributed by atoms with Crippen molar-refractivity contribution < 1.29 is 9.18 Å². The number of carbonyl (C=O) groups is 1. The van der Waals surface area contributed by atoms with Crippen molar-refractivity contribution in [2.75, 3.05) is 42.5 Å². The van der Waals surface area contributed by atoms with Crippen molar-refractivity contribution in [2.24, 2.45) is 0 Å². The molecule has 188 valence electrons. The quantitative estimate of drug-likeness (QED) is 0.415. The Labute approximate surface area is 219 Å². The van der Waals surface area contributed by atoms with Crippen LogP contribution in [0.25, 0.3) is 6.08 Å². The van der Waals surface area contributed by atoms with Gasteiger partial charge in [0.2, 0.25) is 0 Å². The van der Waals surface area contributed by atoms with Gasteiger partial charge in [-0.3, -0.25) is 19.1 Å². The number of hydrogen-bond acceptors (Lipinski definition) is 7. The van der Waals surface area contributed by atoms with E-state index in [1.807, 2.05) is 13.8 Å². The fourth-order valence-electron chi connectivity index (χ4n) is 4.65. The van der Waals surface area contributed by atoms with E-state index in [0.29, 0.717) is 65.4 Å². The molecule has 0 unspecified atom stereocenters. The Morgan fingerprint density at radius 3 is 2.33 bits per heavy atom. The zero-order valence-electron chi connectivity index (χ0n) is 20.6. The average molecular weight is 526 g/mol. The standard InChI is InChI=1S/C26H28FN5O2S2/c1-4-10-32-25(34)22(36-26(32)35)15-20-17(3)21(16-28)24(33)31(5-2)23(20)30-13-11-29(12-14-30)19-8-6-18(27)7-9-19/h6-9,15H,4-5,10-14H2,1-3H3/b22-15-. The Morgan fingerprint density at radius 2 is 1.75 bits per heavy atom. The van der Waals surface area contributed by atoms with Gasteiger partial charge in [-0.2, -0.15) is 5.26 Å². The smallest absolute Gasteiger partial charge is 0.270 e. The number of halogens is 1. The summed E-state index contributed by atoms with van der Waals surface area (Å²) in [4.78, 5) is 32.7. The monoisotopic (exact) mass is 525 g/mol. The fourth-order valence-corrected chi connectivity index (χ4v) is 5.94. The largest absolute Gasteiger partial charge is 0.368 e. The molecule has 4 rings (SSSR count). The highest BCUT2D eigenvalue weighted by Gasteiger charge is 2.33. The summed E-state index contributed by atoms with van der Waals surface area (Å²) < 4.78 is 15.5. The molecule has 2 fully saturated rings. The lowest BCUT2D eigenvalue weighted by molar-refractivity contribution is -0.122. The first-order valence-electron chi connectivity index (χ1n) is 12.0. The summed E-state index contributed by atoms with van der Waals surface area (Å²) in [7, 11) is 0. The number of pyridine rings is 1. The predicted molar refractivity (Wildman–Crippen MR) is 147 cm³/mol. The van der Waals surface area contributed by atoms with Gasteiger partial charge in [0.25, 0.3) is 11.5 Å². The van der Waals surface area contributed by atoms with Crippen molar-refractivity contribution in [3.05, 3.63) is 62.0 Å². The normalized spacial score (nSPS) is 17.3. The lowest BCUT2D eigenvalue weighted by Gasteiger charge is -2.39. The molecular formula is C26H28FN5O2S2. The minimum atomic E-state index is -0.329. The summed E-state index contributed by atoms with van der Waals surface area (Å²) >= 11 is 6.68. The van der Waals surface area contributed by atoms with Crippen LogP contribution in [-0.2, 0) is 11.3 Å². The third kappa shape index (κ3) is 4.77. The number of thiocarbonyl (C=S) groups is 1. The van der Waals surface area contributed by atoms with Crippen LogP contribution in [0, 0.1) is 24.1 Å². The summed E-state index contributed by atoms with van der Waals surface area (Å²) in [5.74, 6) is 0.288. The molecule has 2 aliphatic rings. The van der Waals surface area contributed by atoms with Crippen LogP contribution < -0.4 is 15.4 Å². The van der Waals surface area contributed by atoms with Gasteiger partial charge in [0.1, 0.15) is 27.6 Å². The number of rotatable bonds is 6. The summed E-state index contributed by atoms with van der Waals surface area (Å²) in [6.07, 6.45) is 2.58. The van der Waals surface area contributed by atoms with E-state index in [0.717, 1.165) is 12.1 Å². The van der Waals surface area contributed by atoms with Gasteiger partial charge < -0.3 is 9.80 Å². The van der Waals surface area contributed by atoms with Gasteiger partial charge in [-0.15, -0.1) is 0 Å². The first-order chi connectivity index (χ1) is 17.3. The SMILES string of the molecule is CCCN1C(=O)/C(=C/c2c(C)c(C#N)c(=O)n(CC)c2N2CCN(c3ccc(F)cc3)CC2)SC1=S. The second kappa shape index (κ2) is 10.8. The highest BCUT2D eigenvalue weighted by Crippen LogP contribution is 2.36. The summed E-state index contributed by atoms with van der Waals surface area (Å²) in [6, 6.07) is 8.50. The van der Waals surface area contributed by atoms with Crippen LogP contribution in [0.3, 0.4) is 0 Å². The predicted octanol–water partition coefficient (Wildman–Crippen LogP) is 4.13. The van der Waals surface area contributed by atoms with E-state index >= 15 is 0 Å². The Kier molecular flexibility index (Phi) is 7.81. The number of nitrogens with zero attached hydrogens (tertiary/aromatic N) is 5. The number of carbonyl (C=O) groups excluding carboxylic acids is 1. The van der Waals surface area contributed by atoms with Gasteiger partial charge >= 0.3 is 0 Å². The lowest BCUT2D eigenvalue weighted by Crippen LogP contribution is -2.48. The van der Waals surface area contributed by atoms with E-state index < -0.39 is 0 Å². The summed E-state index contributed by atoms with van der Waals surface area (Å²) in [5.41, 5.74) is 1.95. The Bertz CT molecular complexity index is 1320. The second-order valence-corrected chi connectivity index (χ2v) is 10.4. The maximum Gasteiger partial charge on any atom is 0.270 e. The molecule has 0 aliphatic carbocycles. The third-order valence-electron chi connectivity index (χ3n) is 6.53. The molecule has 3 heterocycles. The highest BCUT2D eigenvalue weighted by molar-refractivity contribution is 8.26. The fraction of sp³-hybridized carbons (Fsp3) is 0.385.